The van der Waals surface area contributed by atoms with Crippen LogP contribution in [0.25, 0.3) is 0 Å². The molecule has 1 aromatic carbocycles. The molecule has 0 atom stereocenters. The Kier molecular flexibility index (Phi) is 7.81. The molecule has 2 heterocycles. The maximum atomic E-state index is 12.5. The van der Waals surface area contributed by atoms with Crippen LogP contribution in [0.4, 0.5) is 15.6 Å². The van der Waals surface area contributed by atoms with E-state index in [9.17, 15) is 9.59 Å². The molecular formula is C22H31N5O2S. The van der Waals surface area contributed by atoms with Gasteiger partial charge in [-0.15, -0.1) is 11.3 Å². The van der Waals surface area contributed by atoms with Crippen molar-refractivity contribution in [3.05, 3.63) is 40.4 Å². The van der Waals surface area contributed by atoms with Gasteiger partial charge >= 0.3 is 6.03 Å². The molecule has 1 aliphatic heterocycles. The van der Waals surface area contributed by atoms with Crippen molar-refractivity contribution in [1.82, 2.24) is 15.2 Å². The van der Waals surface area contributed by atoms with Crippen LogP contribution in [0.3, 0.4) is 0 Å². The molecule has 30 heavy (non-hydrogen) atoms. The highest BCUT2D eigenvalue weighted by Gasteiger charge is 2.23. The van der Waals surface area contributed by atoms with Crippen LogP contribution >= 0.6 is 11.3 Å². The number of amides is 3. The number of unbranched alkanes of at least 4 members (excludes halogenated alkanes) is 1. The van der Waals surface area contributed by atoms with E-state index in [1.54, 1.807) is 0 Å². The number of thiazole rings is 1. The number of nitrogens with zero attached hydrogens (tertiary/aromatic N) is 2. The van der Waals surface area contributed by atoms with Gasteiger partial charge in [0, 0.05) is 36.1 Å². The number of fused-ring (bicyclic) bond motifs is 1. The molecule has 2 aromatic rings. The van der Waals surface area contributed by atoms with Gasteiger partial charge in [-0.1, -0.05) is 25.5 Å². The van der Waals surface area contributed by atoms with E-state index in [2.05, 4.69) is 44.9 Å². The first-order valence-electron chi connectivity index (χ1n) is 10.6. The standard InChI is InChI=1S/C22H31N5O2S/c1-4-5-6-16-7-9-17(10-8-16)24-20(28)14-27-12-11-18-19(13-27)30-22(25-18)26-21(29)23-15(2)3/h7-10,15H,4-6,11-14H2,1-3H3,(H,24,28)(H2,23,25,26,29). The van der Waals surface area contributed by atoms with E-state index in [0.29, 0.717) is 18.2 Å². The number of carbonyl (C=O) groups excluding carboxylic acids is 2. The van der Waals surface area contributed by atoms with Gasteiger partial charge in [0.25, 0.3) is 0 Å². The number of hydrogen-bond donors (Lipinski definition) is 3. The number of nitrogens with one attached hydrogen (secondary N) is 3. The lowest BCUT2D eigenvalue weighted by Crippen LogP contribution is -2.36. The molecule has 0 spiro atoms. The highest BCUT2D eigenvalue weighted by atomic mass is 32.1. The maximum absolute atomic E-state index is 12.5. The summed E-state index contributed by atoms with van der Waals surface area (Å²) in [4.78, 5) is 32.1. The van der Waals surface area contributed by atoms with E-state index in [-0.39, 0.29) is 18.0 Å². The number of hydrogen-bond acceptors (Lipinski definition) is 5. The normalized spacial score (nSPS) is 13.7. The Morgan fingerprint density at radius 2 is 1.97 bits per heavy atom. The molecule has 1 aliphatic rings. The summed E-state index contributed by atoms with van der Waals surface area (Å²) in [6.45, 7) is 7.80. The average Bonchev–Trinajstić information content (AvgIpc) is 3.08. The summed E-state index contributed by atoms with van der Waals surface area (Å²) in [6.07, 6.45) is 4.21. The molecule has 0 fully saturated rings. The third kappa shape index (κ3) is 6.53. The molecule has 0 bridgehead atoms. The van der Waals surface area contributed by atoms with Crippen LogP contribution in [0.5, 0.6) is 0 Å². The van der Waals surface area contributed by atoms with Crippen molar-refractivity contribution < 1.29 is 9.59 Å². The monoisotopic (exact) mass is 429 g/mol. The first kappa shape index (κ1) is 22.2. The van der Waals surface area contributed by atoms with E-state index in [1.165, 1.54) is 29.7 Å². The molecule has 3 amide bonds. The predicted molar refractivity (Wildman–Crippen MR) is 122 cm³/mol. The lowest BCUT2D eigenvalue weighted by molar-refractivity contribution is -0.117. The minimum absolute atomic E-state index is 0.0149. The SMILES string of the molecule is CCCCc1ccc(NC(=O)CN2CCc3nc(NC(=O)NC(C)C)sc3C2)cc1. The fourth-order valence-electron chi connectivity index (χ4n) is 3.37. The van der Waals surface area contributed by atoms with E-state index in [0.717, 1.165) is 35.6 Å². The van der Waals surface area contributed by atoms with Crippen molar-refractivity contribution in [1.29, 1.82) is 0 Å². The molecule has 3 rings (SSSR count). The summed E-state index contributed by atoms with van der Waals surface area (Å²) in [5, 5.41) is 9.18. The molecule has 0 saturated heterocycles. The van der Waals surface area contributed by atoms with E-state index in [1.807, 2.05) is 26.0 Å². The second kappa shape index (κ2) is 10.5. The Hall–Kier alpha value is -2.45. The van der Waals surface area contributed by atoms with Crippen LogP contribution < -0.4 is 16.0 Å². The predicted octanol–water partition coefficient (Wildman–Crippen LogP) is 4.01. The zero-order valence-electron chi connectivity index (χ0n) is 18.0. The van der Waals surface area contributed by atoms with Gasteiger partial charge in [-0.05, 0) is 44.4 Å². The Morgan fingerprint density at radius 1 is 1.20 bits per heavy atom. The molecule has 0 radical (unpaired) electrons. The van der Waals surface area contributed by atoms with Crippen molar-refractivity contribution in [2.24, 2.45) is 0 Å². The van der Waals surface area contributed by atoms with Crippen LogP contribution in [0.1, 0.15) is 49.7 Å². The van der Waals surface area contributed by atoms with Crippen molar-refractivity contribution in [2.45, 2.75) is 59.0 Å². The van der Waals surface area contributed by atoms with Crippen molar-refractivity contribution in [3.8, 4) is 0 Å². The van der Waals surface area contributed by atoms with Gasteiger partial charge in [0.2, 0.25) is 5.91 Å². The molecule has 8 heteroatoms. The minimum Gasteiger partial charge on any atom is -0.336 e. The lowest BCUT2D eigenvalue weighted by atomic mass is 10.1. The van der Waals surface area contributed by atoms with Gasteiger partial charge in [0.15, 0.2) is 5.13 Å². The molecule has 0 saturated carbocycles. The first-order valence-corrected chi connectivity index (χ1v) is 11.4. The number of aryl methyl sites for hydroxylation is 1. The third-order valence-corrected chi connectivity index (χ3v) is 5.87. The summed E-state index contributed by atoms with van der Waals surface area (Å²) >= 11 is 1.48. The topological polar surface area (TPSA) is 86.4 Å². The Morgan fingerprint density at radius 3 is 2.67 bits per heavy atom. The van der Waals surface area contributed by atoms with Crippen LogP contribution in [-0.2, 0) is 24.2 Å². The number of carbonyl (C=O) groups is 2. The van der Waals surface area contributed by atoms with Gasteiger partial charge in [0.05, 0.1) is 12.2 Å². The van der Waals surface area contributed by atoms with Crippen LogP contribution in [-0.4, -0.2) is 41.0 Å². The highest BCUT2D eigenvalue weighted by molar-refractivity contribution is 7.15. The van der Waals surface area contributed by atoms with Gasteiger partial charge in [-0.25, -0.2) is 9.78 Å². The molecule has 162 valence electrons. The Labute approximate surface area is 182 Å². The number of benzene rings is 1. The summed E-state index contributed by atoms with van der Waals surface area (Å²) in [5.41, 5.74) is 3.15. The van der Waals surface area contributed by atoms with Crippen molar-refractivity contribution in [2.75, 3.05) is 23.7 Å². The second-order valence-corrected chi connectivity index (χ2v) is 9.03. The summed E-state index contributed by atoms with van der Waals surface area (Å²) in [6, 6.07) is 7.94. The van der Waals surface area contributed by atoms with Crippen molar-refractivity contribution >= 4 is 34.1 Å². The Bertz CT molecular complexity index is 863. The first-order chi connectivity index (χ1) is 14.4. The summed E-state index contributed by atoms with van der Waals surface area (Å²) < 4.78 is 0. The van der Waals surface area contributed by atoms with Crippen LogP contribution in [0.15, 0.2) is 24.3 Å². The zero-order chi connectivity index (χ0) is 21.5. The average molecular weight is 430 g/mol. The molecule has 0 aliphatic carbocycles. The maximum Gasteiger partial charge on any atom is 0.321 e. The number of anilines is 2. The number of rotatable bonds is 8. The second-order valence-electron chi connectivity index (χ2n) is 7.95. The zero-order valence-corrected chi connectivity index (χ0v) is 18.8. The largest absolute Gasteiger partial charge is 0.336 e. The number of aromatic nitrogens is 1. The lowest BCUT2D eigenvalue weighted by Gasteiger charge is -2.25. The fourth-order valence-corrected chi connectivity index (χ4v) is 4.42. The summed E-state index contributed by atoms with van der Waals surface area (Å²) in [5.74, 6) is -0.0149. The molecule has 7 nitrogen and oxygen atoms in total. The van der Waals surface area contributed by atoms with E-state index in [4.69, 9.17) is 0 Å². The van der Waals surface area contributed by atoms with Gasteiger partial charge in [-0.2, -0.15) is 0 Å². The van der Waals surface area contributed by atoms with Crippen molar-refractivity contribution in [3.63, 3.8) is 0 Å². The smallest absolute Gasteiger partial charge is 0.321 e. The van der Waals surface area contributed by atoms with Crippen LogP contribution in [0, 0.1) is 0 Å². The van der Waals surface area contributed by atoms with Gasteiger partial charge in [-0.3, -0.25) is 15.0 Å². The molecule has 0 unspecified atom stereocenters. The van der Waals surface area contributed by atoms with E-state index >= 15 is 0 Å². The highest BCUT2D eigenvalue weighted by Crippen LogP contribution is 2.28. The van der Waals surface area contributed by atoms with E-state index < -0.39 is 0 Å². The molecular weight excluding hydrogens is 398 g/mol. The quantitative estimate of drug-likeness (QED) is 0.592. The number of urea groups is 1. The molecule has 3 N–H and O–H groups in total. The van der Waals surface area contributed by atoms with Gasteiger partial charge in [0.1, 0.15) is 0 Å². The molecule has 1 aromatic heterocycles. The van der Waals surface area contributed by atoms with Crippen LogP contribution in [0.2, 0.25) is 0 Å². The third-order valence-electron chi connectivity index (χ3n) is 4.87. The Balaban J connectivity index is 1.49. The minimum atomic E-state index is -0.243. The summed E-state index contributed by atoms with van der Waals surface area (Å²) in [7, 11) is 0. The van der Waals surface area contributed by atoms with Gasteiger partial charge < -0.3 is 10.6 Å². The fraction of sp³-hybridized carbons (Fsp3) is 0.500.